The number of hydrogen-bond donors (Lipinski definition) is 1. The van der Waals surface area contributed by atoms with E-state index in [2.05, 4.69) is 37.2 Å². The molecule has 1 atom stereocenters. The lowest BCUT2D eigenvalue weighted by Gasteiger charge is -2.32. The van der Waals surface area contributed by atoms with Crippen LogP contribution in [0.25, 0.3) is 22.3 Å². The summed E-state index contributed by atoms with van der Waals surface area (Å²) in [6.07, 6.45) is 3.22. The van der Waals surface area contributed by atoms with E-state index in [-0.39, 0.29) is 12.0 Å². The van der Waals surface area contributed by atoms with E-state index in [0.717, 1.165) is 42.1 Å². The van der Waals surface area contributed by atoms with E-state index in [1.165, 1.54) is 6.92 Å². The highest BCUT2D eigenvalue weighted by molar-refractivity contribution is 5.83. The quantitative estimate of drug-likeness (QED) is 0.557. The number of aromatic nitrogens is 3. The van der Waals surface area contributed by atoms with Gasteiger partial charge in [-0.25, -0.2) is 9.97 Å². The number of pyridine rings is 1. The maximum atomic E-state index is 11.1. The average molecular weight is 451 g/mol. The topological polar surface area (TPSA) is 92.7 Å². The van der Waals surface area contributed by atoms with Gasteiger partial charge < -0.3 is 19.7 Å². The summed E-state index contributed by atoms with van der Waals surface area (Å²) < 4.78 is 12.0. The Morgan fingerprint density at radius 1 is 1.24 bits per heavy atom. The van der Waals surface area contributed by atoms with Crippen molar-refractivity contribution < 1.29 is 14.3 Å². The van der Waals surface area contributed by atoms with E-state index in [9.17, 15) is 4.79 Å². The maximum absolute atomic E-state index is 11.1. The molecule has 0 spiro atoms. The molecule has 3 heterocycles. The van der Waals surface area contributed by atoms with Crippen LogP contribution < -0.4 is 15.0 Å². The number of benzene rings is 1. The zero-order chi connectivity index (χ0) is 23.2. The summed E-state index contributed by atoms with van der Waals surface area (Å²) in [5.74, 6) is 0.435. The number of amides is 1. The molecule has 0 bridgehead atoms. The van der Waals surface area contributed by atoms with Crippen molar-refractivity contribution in [1.29, 1.82) is 0 Å². The molecule has 174 valence electrons. The molecule has 1 aromatic carbocycles. The standard InChI is InChI=1S/C24H30N6O3/c1-17(31)25-10-11-30-12-13-32-20(15-30)16-33-24-23-22(26-8-9-27-23)14-21(28-24)18-4-6-19(7-5-18)29(2)3/h4-9,14,20H,10-13,15-16H2,1-3H3,(H,25,31)/t20-/m0/s1. The molecular formula is C24H30N6O3. The molecule has 9 nitrogen and oxygen atoms in total. The molecule has 1 aliphatic rings. The van der Waals surface area contributed by atoms with Gasteiger partial charge in [-0.1, -0.05) is 12.1 Å². The van der Waals surface area contributed by atoms with E-state index in [1.54, 1.807) is 12.4 Å². The minimum atomic E-state index is -0.0902. The first-order chi connectivity index (χ1) is 16.0. The predicted molar refractivity (Wildman–Crippen MR) is 127 cm³/mol. The summed E-state index contributed by atoms with van der Waals surface area (Å²) in [4.78, 5) is 29.1. The van der Waals surface area contributed by atoms with Gasteiger partial charge >= 0.3 is 0 Å². The van der Waals surface area contributed by atoms with Gasteiger partial charge in [0.05, 0.1) is 17.8 Å². The fourth-order valence-electron chi connectivity index (χ4n) is 3.77. The highest BCUT2D eigenvalue weighted by Gasteiger charge is 2.22. The number of nitrogens with one attached hydrogen (secondary N) is 1. The number of rotatable bonds is 8. The molecule has 1 N–H and O–H groups in total. The molecule has 0 radical (unpaired) electrons. The summed E-state index contributed by atoms with van der Waals surface area (Å²) in [5, 5.41) is 2.84. The van der Waals surface area contributed by atoms with Crippen LogP contribution >= 0.6 is 0 Å². The first-order valence-electron chi connectivity index (χ1n) is 11.1. The van der Waals surface area contributed by atoms with E-state index < -0.39 is 0 Å². The SMILES string of the molecule is CC(=O)NCCN1CCO[C@H](COc2nc(-c3ccc(N(C)C)cc3)cc3nccnc23)C1. The van der Waals surface area contributed by atoms with Crippen molar-refractivity contribution in [2.45, 2.75) is 13.0 Å². The average Bonchev–Trinajstić information content (AvgIpc) is 2.82. The molecule has 3 aromatic rings. The fraction of sp³-hybridized carbons (Fsp3) is 0.417. The van der Waals surface area contributed by atoms with Crippen molar-refractivity contribution in [2.24, 2.45) is 0 Å². The molecule has 0 aliphatic carbocycles. The maximum Gasteiger partial charge on any atom is 0.242 e. The molecule has 0 saturated carbocycles. The Morgan fingerprint density at radius 2 is 2.03 bits per heavy atom. The Bertz CT molecular complexity index is 1090. The second-order valence-corrected chi connectivity index (χ2v) is 8.27. The number of nitrogens with zero attached hydrogens (tertiary/aromatic N) is 5. The monoisotopic (exact) mass is 450 g/mol. The lowest BCUT2D eigenvalue weighted by atomic mass is 10.1. The number of morpholine rings is 1. The van der Waals surface area contributed by atoms with Crippen LogP contribution in [0, 0.1) is 0 Å². The van der Waals surface area contributed by atoms with Gasteiger partial charge in [0, 0.05) is 70.8 Å². The molecule has 0 unspecified atom stereocenters. The van der Waals surface area contributed by atoms with Crippen molar-refractivity contribution in [2.75, 3.05) is 58.4 Å². The van der Waals surface area contributed by atoms with Crippen LogP contribution in [0.5, 0.6) is 5.88 Å². The molecule has 4 rings (SSSR count). The van der Waals surface area contributed by atoms with Gasteiger partial charge in [-0.05, 0) is 18.2 Å². The number of ether oxygens (including phenoxy) is 2. The van der Waals surface area contributed by atoms with E-state index in [0.29, 0.717) is 31.2 Å². The third kappa shape index (κ3) is 5.94. The number of carbonyl (C=O) groups excluding carboxylic acids is 1. The van der Waals surface area contributed by atoms with E-state index >= 15 is 0 Å². The van der Waals surface area contributed by atoms with Gasteiger partial charge in [0.1, 0.15) is 12.7 Å². The highest BCUT2D eigenvalue weighted by Crippen LogP contribution is 2.28. The van der Waals surface area contributed by atoms with Crippen molar-refractivity contribution in [1.82, 2.24) is 25.2 Å². The van der Waals surface area contributed by atoms with Gasteiger partial charge in [-0.3, -0.25) is 14.7 Å². The lowest BCUT2D eigenvalue weighted by molar-refractivity contribution is -0.119. The summed E-state index contributed by atoms with van der Waals surface area (Å²) in [6.45, 7) is 5.49. The highest BCUT2D eigenvalue weighted by atomic mass is 16.5. The Morgan fingerprint density at radius 3 is 2.79 bits per heavy atom. The predicted octanol–water partition coefficient (Wildman–Crippen LogP) is 1.97. The van der Waals surface area contributed by atoms with Gasteiger partial charge in [-0.2, -0.15) is 0 Å². The van der Waals surface area contributed by atoms with Crippen molar-refractivity contribution >= 4 is 22.6 Å². The molecular weight excluding hydrogens is 420 g/mol. The Hall–Kier alpha value is -3.30. The van der Waals surface area contributed by atoms with Gasteiger partial charge in [0.2, 0.25) is 11.8 Å². The fourth-order valence-corrected chi connectivity index (χ4v) is 3.77. The Balaban J connectivity index is 1.48. The minimum Gasteiger partial charge on any atom is -0.473 e. The van der Waals surface area contributed by atoms with Crippen molar-refractivity contribution in [3.63, 3.8) is 0 Å². The summed E-state index contributed by atoms with van der Waals surface area (Å²) in [6, 6.07) is 10.1. The molecule has 1 aliphatic heterocycles. The molecule has 2 aromatic heterocycles. The number of hydrogen-bond acceptors (Lipinski definition) is 8. The second kappa shape index (κ2) is 10.5. The summed E-state index contributed by atoms with van der Waals surface area (Å²) >= 11 is 0. The van der Waals surface area contributed by atoms with E-state index in [1.807, 2.05) is 32.3 Å². The van der Waals surface area contributed by atoms with Crippen molar-refractivity contribution in [3.05, 3.63) is 42.7 Å². The van der Waals surface area contributed by atoms with Crippen molar-refractivity contribution in [3.8, 4) is 17.1 Å². The zero-order valence-electron chi connectivity index (χ0n) is 19.3. The lowest BCUT2D eigenvalue weighted by Crippen LogP contribution is -2.47. The first-order valence-corrected chi connectivity index (χ1v) is 11.1. The minimum absolute atomic E-state index is 0.0153. The third-order valence-corrected chi connectivity index (χ3v) is 5.53. The van der Waals surface area contributed by atoms with Crippen LogP contribution in [0.2, 0.25) is 0 Å². The second-order valence-electron chi connectivity index (χ2n) is 8.27. The molecule has 1 fully saturated rings. The summed E-state index contributed by atoms with van der Waals surface area (Å²) in [5.41, 5.74) is 4.24. The number of fused-ring (bicyclic) bond motifs is 1. The largest absolute Gasteiger partial charge is 0.473 e. The third-order valence-electron chi connectivity index (χ3n) is 5.53. The van der Waals surface area contributed by atoms with Crippen LogP contribution in [0.4, 0.5) is 5.69 Å². The van der Waals surface area contributed by atoms with Crippen LogP contribution in [-0.4, -0.2) is 85.4 Å². The number of anilines is 1. The van der Waals surface area contributed by atoms with Crippen LogP contribution in [-0.2, 0) is 9.53 Å². The van der Waals surface area contributed by atoms with Crippen LogP contribution in [0.1, 0.15) is 6.92 Å². The van der Waals surface area contributed by atoms with Gasteiger partial charge in [0.15, 0.2) is 5.52 Å². The number of carbonyl (C=O) groups is 1. The Labute approximate surface area is 193 Å². The van der Waals surface area contributed by atoms with Crippen LogP contribution in [0.3, 0.4) is 0 Å². The zero-order valence-corrected chi connectivity index (χ0v) is 19.3. The molecule has 1 saturated heterocycles. The molecule has 9 heteroatoms. The summed E-state index contributed by atoms with van der Waals surface area (Å²) in [7, 11) is 4.03. The normalized spacial score (nSPS) is 16.5. The first kappa shape index (κ1) is 22.9. The molecule has 1 amide bonds. The van der Waals surface area contributed by atoms with Crippen LogP contribution in [0.15, 0.2) is 42.7 Å². The van der Waals surface area contributed by atoms with E-state index in [4.69, 9.17) is 14.5 Å². The molecule has 33 heavy (non-hydrogen) atoms. The van der Waals surface area contributed by atoms with Gasteiger partial charge in [0.25, 0.3) is 0 Å². The Kier molecular flexibility index (Phi) is 7.31. The smallest absolute Gasteiger partial charge is 0.242 e. The van der Waals surface area contributed by atoms with Gasteiger partial charge in [-0.15, -0.1) is 0 Å².